The molecule has 0 aliphatic rings. The normalized spacial score (nSPS) is 13.1. The first-order valence-electron chi connectivity index (χ1n) is 4.74. The molecule has 0 radical (unpaired) electrons. The summed E-state index contributed by atoms with van der Waals surface area (Å²) in [6, 6.07) is 0.434. The number of nitrogens with zero attached hydrogens (tertiary/aromatic N) is 4. The average Bonchev–Trinajstić information content (AvgIpc) is 2.58. The third kappa shape index (κ3) is 3.63. The molecule has 6 heteroatoms. The second-order valence-electron chi connectivity index (χ2n) is 3.04. The lowest BCUT2D eigenvalue weighted by molar-refractivity contribution is 0.591. The van der Waals surface area contributed by atoms with E-state index >= 15 is 0 Å². The lowest BCUT2D eigenvalue weighted by atomic mass is 10.2. The van der Waals surface area contributed by atoms with Gasteiger partial charge < -0.3 is 5.32 Å². The number of aryl methyl sites for hydroxylation is 1. The minimum absolute atomic E-state index is 0.434. The van der Waals surface area contributed by atoms with Gasteiger partial charge in [-0.1, -0.05) is 6.92 Å². The van der Waals surface area contributed by atoms with Gasteiger partial charge in [0.2, 0.25) is 0 Å². The molecular formula is C8H17N5S. The molecule has 0 aliphatic carbocycles. The SMILES string of the molecule is CCSCC(Cc1nnn(C)n1)NC. The Labute approximate surface area is 88.6 Å². The highest BCUT2D eigenvalue weighted by molar-refractivity contribution is 7.99. The zero-order valence-electron chi connectivity index (χ0n) is 8.90. The van der Waals surface area contributed by atoms with Gasteiger partial charge in [-0.15, -0.1) is 10.2 Å². The van der Waals surface area contributed by atoms with Gasteiger partial charge in [0.1, 0.15) is 0 Å². The lowest BCUT2D eigenvalue weighted by Crippen LogP contribution is -2.30. The van der Waals surface area contributed by atoms with Crippen molar-refractivity contribution in [1.29, 1.82) is 0 Å². The third-order valence-corrected chi connectivity index (χ3v) is 2.96. The van der Waals surface area contributed by atoms with Gasteiger partial charge >= 0.3 is 0 Å². The molecule has 0 spiro atoms. The fraction of sp³-hybridized carbons (Fsp3) is 0.875. The largest absolute Gasteiger partial charge is 0.316 e. The lowest BCUT2D eigenvalue weighted by Gasteiger charge is -2.12. The Morgan fingerprint density at radius 3 is 2.86 bits per heavy atom. The van der Waals surface area contributed by atoms with E-state index < -0.39 is 0 Å². The summed E-state index contributed by atoms with van der Waals surface area (Å²) in [4.78, 5) is 1.50. The van der Waals surface area contributed by atoms with Crippen molar-refractivity contribution in [2.45, 2.75) is 19.4 Å². The van der Waals surface area contributed by atoms with Gasteiger partial charge in [-0.25, -0.2) is 0 Å². The predicted octanol–water partition coefficient (Wildman–Crippen LogP) is 0.0937. The van der Waals surface area contributed by atoms with Crippen molar-refractivity contribution in [3.63, 3.8) is 0 Å². The van der Waals surface area contributed by atoms with E-state index in [0.29, 0.717) is 6.04 Å². The van der Waals surface area contributed by atoms with Crippen LogP contribution in [-0.2, 0) is 13.5 Å². The zero-order valence-corrected chi connectivity index (χ0v) is 9.71. The van der Waals surface area contributed by atoms with Crippen molar-refractivity contribution in [3.05, 3.63) is 5.82 Å². The summed E-state index contributed by atoms with van der Waals surface area (Å²) >= 11 is 1.92. The fourth-order valence-corrected chi connectivity index (χ4v) is 1.93. The van der Waals surface area contributed by atoms with Crippen LogP contribution in [0, 0.1) is 0 Å². The Morgan fingerprint density at radius 2 is 2.36 bits per heavy atom. The molecule has 80 valence electrons. The van der Waals surface area contributed by atoms with Gasteiger partial charge in [-0.05, 0) is 18.0 Å². The van der Waals surface area contributed by atoms with Crippen LogP contribution in [-0.4, -0.2) is 44.8 Å². The van der Waals surface area contributed by atoms with Crippen LogP contribution in [0.5, 0.6) is 0 Å². The van der Waals surface area contributed by atoms with Crippen LogP contribution in [0.3, 0.4) is 0 Å². The molecule has 0 saturated carbocycles. The summed E-state index contributed by atoms with van der Waals surface area (Å²) in [5.41, 5.74) is 0. The zero-order chi connectivity index (χ0) is 10.4. The molecule has 14 heavy (non-hydrogen) atoms. The van der Waals surface area contributed by atoms with Crippen molar-refractivity contribution >= 4 is 11.8 Å². The van der Waals surface area contributed by atoms with Gasteiger partial charge in [-0.3, -0.25) is 0 Å². The van der Waals surface area contributed by atoms with Crippen molar-refractivity contribution in [1.82, 2.24) is 25.5 Å². The quantitative estimate of drug-likeness (QED) is 0.729. The van der Waals surface area contributed by atoms with E-state index in [1.165, 1.54) is 4.80 Å². The van der Waals surface area contributed by atoms with E-state index in [2.05, 4.69) is 27.7 Å². The number of tetrazole rings is 1. The van der Waals surface area contributed by atoms with Crippen LogP contribution < -0.4 is 5.32 Å². The molecular weight excluding hydrogens is 198 g/mol. The molecule has 1 rings (SSSR count). The number of hydrogen-bond acceptors (Lipinski definition) is 5. The van der Waals surface area contributed by atoms with Crippen LogP contribution in [0.25, 0.3) is 0 Å². The Kier molecular flexibility index (Phi) is 4.89. The summed E-state index contributed by atoms with van der Waals surface area (Å²) in [7, 11) is 3.75. The number of rotatable bonds is 6. The highest BCUT2D eigenvalue weighted by atomic mass is 32.2. The molecule has 1 N–H and O–H groups in total. The highest BCUT2D eigenvalue weighted by Gasteiger charge is 2.10. The van der Waals surface area contributed by atoms with Crippen LogP contribution in [0.2, 0.25) is 0 Å². The van der Waals surface area contributed by atoms with E-state index in [1.807, 2.05) is 18.8 Å². The van der Waals surface area contributed by atoms with Gasteiger partial charge in [0.05, 0.1) is 7.05 Å². The molecule has 0 aliphatic heterocycles. The van der Waals surface area contributed by atoms with Gasteiger partial charge in [0.15, 0.2) is 5.82 Å². The highest BCUT2D eigenvalue weighted by Crippen LogP contribution is 2.04. The van der Waals surface area contributed by atoms with Gasteiger partial charge in [0.25, 0.3) is 0 Å². The Balaban J connectivity index is 2.40. The van der Waals surface area contributed by atoms with Crippen LogP contribution in [0.15, 0.2) is 0 Å². The number of aromatic nitrogens is 4. The maximum Gasteiger partial charge on any atom is 0.176 e. The summed E-state index contributed by atoms with van der Waals surface area (Å²) in [6.45, 7) is 2.16. The number of likely N-dealkylation sites (N-methyl/N-ethyl adjacent to an activating group) is 1. The standard InChI is InChI=1S/C8H17N5S/c1-4-14-6-7(9-2)5-8-10-12-13(3)11-8/h7,9H,4-6H2,1-3H3. The average molecular weight is 215 g/mol. The second-order valence-corrected chi connectivity index (χ2v) is 4.36. The predicted molar refractivity (Wildman–Crippen MR) is 58.3 cm³/mol. The Morgan fingerprint density at radius 1 is 1.57 bits per heavy atom. The van der Waals surface area contributed by atoms with Crippen molar-refractivity contribution in [2.24, 2.45) is 7.05 Å². The molecule has 0 aromatic carbocycles. The molecule has 5 nitrogen and oxygen atoms in total. The molecule has 0 amide bonds. The third-order valence-electron chi connectivity index (χ3n) is 1.91. The van der Waals surface area contributed by atoms with Crippen molar-refractivity contribution in [3.8, 4) is 0 Å². The Hall–Kier alpha value is -0.620. The van der Waals surface area contributed by atoms with Crippen molar-refractivity contribution < 1.29 is 0 Å². The van der Waals surface area contributed by atoms with Crippen LogP contribution in [0.4, 0.5) is 0 Å². The van der Waals surface area contributed by atoms with E-state index in [4.69, 9.17) is 0 Å². The van der Waals surface area contributed by atoms with E-state index in [9.17, 15) is 0 Å². The second kappa shape index (κ2) is 5.98. The first kappa shape index (κ1) is 11.5. The van der Waals surface area contributed by atoms with E-state index in [0.717, 1.165) is 23.8 Å². The minimum atomic E-state index is 0.434. The molecule has 1 atom stereocenters. The smallest absolute Gasteiger partial charge is 0.176 e. The summed E-state index contributed by atoms with van der Waals surface area (Å²) in [5.74, 6) is 3.04. The molecule has 1 aromatic rings. The summed E-state index contributed by atoms with van der Waals surface area (Å²) < 4.78 is 0. The van der Waals surface area contributed by atoms with E-state index in [1.54, 1.807) is 7.05 Å². The van der Waals surface area contributed by atoms with Gasteiger partial charge in [0, 0.05) is 18.2 Å². The summed E-state index contributed by atoms with van der Waals surface area (Å²) in [6.07, 6.45) is 0.845. The fourth-order valence-electron chi connectivity index (χ4n) is 1.13. The van der Waals surface area contributed by atoms with Crippen molar-refractivity contribution in [2.75, 3.05) is 18.6 Å². The molecule has 1 heterocycles. The van der Waals surface area contributed by atoms with E-state index in [-0.39, 0.29) is 0 Å². The number of thioether (sulfide) groups is 1. The Bertz CT molecular complexity index is 262. The first-order chi connectivity index (χ1) is 6.76. The minimum Gasteiger partial charge on any atom is -0.316 e. The summed E-state index contributed by atoms with van der Waals surface area (Å²) in [5, 5.41) is 15.2. The topological polar surface area (TPSA) is 55.6 Å². The first-order valence-corrected chi connectivity index (χ1v) is 5.89. The maximum atomic E-state index is 4.15. The molecule has 0 bridgehead atoms. The van der Waals surface area contributed by atoms with Crippen LogP contribution >= 0.6 is 11.8 Å². The monoisotopic (exact) mass is 215 g/mol. The molecule has 0 fully saturated rings. The number of hydrogen-bond donors (Lipinski definition) is 1. The maximum absolute atomic E-state index is 4.15. The molecule has 0 saturated heterocycles. The van der Waals surface area contributed by atoms with Gasteiger partial charge in [-0.2, -0.15) is 16.6 Å². The molecule has 1 unspecified atom stereocenters. The van der Waals surface area contributed by atoms with Crippen LogP contribution in [0.1, 0.15) is 12.7 Å². The number of nitrogens with one attached hydrogen (secondary N) is 1. The molecule has 1 aromatic heterocycles.